The molecule has 0 saturated heterocycles. The molecule has 2 aromatic heterocycles. The van der Waals surface area contributed by atoms with E-state index in [9.17, 15) is 8.42 Å². The van der Waals surface area contributed by atoms with Crippen LogP contribution in [0.5, 0.6) is 0 Å². The molecule has 2 heterocycles. The maximum absolute atomic E-state index is 12.2. The third-order valence-electron chi connectivity index (χ3n) is 2.68. The number of nitrogens with zero attached hydrogens (tertiary/aromatic N) is 2. The summed E-state index contributed by atoms with van der Waals surface area (Å²) >= 11 is 7.26. The molecule has 0 radical (unpaired) electrons. The molecule has 2 aromatic rings. The molecule has 19 heavy (non-hydrogen) atoms. The van der Waals surface area contributed by atoms with Gasteiger partial charge >= 0.3 is 0 Å². The predicted octanol–water partition coefficient (Wildman–Crippen LogP) is 2.76. The number of imidazole rings is 1. The summed E-state index contributed by atoms with van der Waals surface area (Å²) < 4.78 is 28.5. The number of halogens is 1. The number of nitrogens with one attached hydrogen (secondary N) is 1. The first-order valence-electron chi connectivity index (χ1n) is 6.02. The molecule has 0 aliphatic rings. The van der Waals surface area contributed by atoms with Gasteiger partial charge < -0.3 is 0 Å². The topological polar surface area (TPSA) is 63.5 Å². The van der Waals surface area contributed by atoms with Crippen molar-refractivity contribution in [3.05, 3.63) is 16.7 Å². The molecule has 0 atom stereocenters. The molecule has 106 valence electrons. The largest absolute Gasteiger partial charge is 0.279 e. The van der Waals surface area contributed by atoms with Gasteiger partial charge in [0.05, 0.1) is 0 Å². The maximum Gasteiger partial charge on any atom is 0.259 e. The first kappa shape index (κ1) is 14.8. The van der Waals surface area contributed by atoms with Gasteiger partial charge in [-0.25, -0.2) is 18.1 Å². The third kappa shape index (κ3) is 3.28. The fourth-order valence-corrected chi connectivity index (χ4v) is 4.29. The van der Waals surface area contributed by atoms with E-state index in [0.717, 1.165) is 12.8 Å². The summed E-state index contributed by atoms with van der Waals surface area (Å²) in [7, 11) is -3.62. The van der Waals surface area contributed by atoms with Gasteiger partial charge in [-0.1, -0.05) is 25.4 Å². The van der Waals surface area contributed by atoms with E-state index < -0.39 is 10.0 Å². The fraction of sp³-hybridized carbons (Fsp3) is 0.545. The summed E-state index contributed by atoms with van der Waals surface area (Å²) in [5, 5.41) is 1.81. The van der Waals surface area contributed by atoms with Gasteiger partial charge in [0.2, 0.25) is 0 Å². The zero-order chi connectivity index (χ0) is 14.0. The molecule has 0 amide bonds. The molecule has 1 N–H and O–H groups in total. The Bertz CT molecular complexity index is 661. The van der Waals surface area contributed by atoms with Crippen molar-refractivity contribution in [3.63, 3.8) is 0 Å². The quantitative estimate of drug-likeness (QED) is 0.832. The summed E-state index contributed by atoms with van der Waals surface area (Å²) in [5.41, 5.74) is 0. The van der Waals surface area contributed by atoms with Crippen LogP contribution >= 0.6 is 22.9 Å². The number of fused-ring (bicyclic) bond motifs is 1. The molecule has 5 nitrogen and oxygen atoms in total. The molecule has 8 heteroatoms. The maximum atomic E-state index is 12.2. The van der Waals surface area contributed by atoms with Crippen molar-refractivity contribution < 1.29 is 8.42 Å². The van der Waals surface area contributed by atoms with Gasteiger partial charge in [0.15, 0.2) is 15.1 Å². The first-order chi connectivity index (χ1) is 8.92. The number of thiazole rings is 1. The van der Waals surface area contributed by atoms with Crippen LogP contribution < -0.4 is 4.72 Å². The van der Waals surface area contributed by atoms with Crippen molar-refractivity contribution >= 4 is 37.9 Å². The Morgan fingerprint density at radius 1 is 1.53 bits per heavy atom. The van der Waals surface area contributed by atoms with Crippen molar-refractivity contribution in [2.45, 2.75) is 31.7 Å². The molecule has 0 aliphatic carbocycles. The van der Waals surface area contributed by atoms with Crippen molar-refractivity contribution in [1.82, 2.24) is 14.1 Å². The summed E-state index contributed by atoms with van der Waals surface area (Å²) in [4.78, 5) is 4.60. The van der Waals surface area contributed by atoms with Crippen LogP contribution in [0.15, 0.2) is 16.6 Å². The Kier molecular flexibility index (Phi) is 4.50. The molecular formula is C11H16ClN3O2S2. The van der Waals surface area contributed by atoms with Crippen molar-refractivity contribution in [1.29, 1.82) is 0 Å². The van der Waals surface area contributed by atoms with Crippen molar-refractivity contribution in [2.75, 3.05) is 6.54 Å². The summed E-state index contributed by atoms with van der Waals surface area (Å²) in [6, 6.07) is 0. The van der Waals surface area contributed by atoms with Crippen LogP contribution in [-0.2, 0) is 10.0 Å². The monoisotopic (exact) mass is 321 g/mol. The van der Waals surface area contributed by atoms with Crippen molar-refractivity contribution in [3.8, 4) is 0 Å². The Morgan fingerprint density at radius 3 is 2.95 bits per heavy atom. The highest BCUT2D eigenvalue weighted by molar-refractivity contribution is 7.89. The molecule has 0 fully saturated rings. The van der Waals surface area contributed by atoms with Crippen molar-refractivity contribution in [2.24, 2.45) is 5.92 Å². The van der Waals surface area contributed by atoms with E-state index in [1.165, 1.54) is 15.7 Å². The van der Waals surface area contributed by atoms with Gasteiger partial charge in [0, 0.05) is 18.1 Å². The van der Waals surface area contributed by atoms with E-state index in [-0.39, 0.29) is 10.2 Å². The van der Waals surface area contributed by atoms with E-state index in [1.807, 2.05) is 0 Å². The fourth-order valence-electron chi connectivity index (χ4n) is 1.76. The zero-order valence-electron chi connectivity index (χ0n) is 10.8. The van der Waals surface area contributed by atoms with E-state index in [4.69, 9.17) is 11.6 Å². The highest BCUT2D eigenvalue weighted by atomic mass is 35.5. The summed E-state index contributed by atoms with van der Waals surface area (Å²) in [6.45, 7) is 4.63. The molecule has 0 bridgehead atoms. The lowest BCUT2D eigenvalue weighted by Gasteiger charge is -2.07. The van der Waals surface area contributed by atoms with Gasteiger partial charge in [0.25, 0.3) is 10.0 Å². The number of aromatic nitrogens is 2. The molecule has 0 unspecified atom stereocenters. The smallest absolute Gasteiger partial charge is 0.259 e. The van der Waals surface area contributed by atoms with Crippen LogP contribution in [0.2, 0.25) is 5.15 Å². The molecule has 0 spiro atoms. The van der Waals surface area contributed by atoms with Gasteiger partial charge in [0.1, 0.15) is 0 Å². The summed E-state index contributed by atoms with van der Waals surface area (Å²) in [6.07, 6.45) is 3.44. The van der Waals surface area contributed by atoms with Gasteiger partial charge in [-0.2, -0.15) is 0 Å². The lowest BCUT2D eigenvalue weighted by atomic mass is 10.1. The number of sulfonamides is 1. The standard InChI is InChI=1S/C11H16ClN3O2S2/c1-8(2)4-3-5-13-19(16,17)10-9(12)14-11-15(10)6-7-18-11/h6-8,13H,3-5H2,1-2H3. The van der Waals surface area contributed by atoms with Crippen LogP contribution in [0, 0.1) is 5.92 Å². The lowest BCUT2D eigenvalue weighted by molar-refractivity contribution is 0.538. The minimum atomic E-state index is -3.62. The highest BCUT2D eigenvalue weighted by Crippen LogP contribution is 2.25. The molecule has 0 aromatic carbocycles. The molecule has 0 aliphatic heterocycles. The SMILES string of the molecule is CC(C)CCCNS(=O)(=O)c1c(Cl)nc2sccn12. The second kappa shape index (κ2) is 5.78. The van der Waals surface area contributed by atoms with Gasteiger partial charge in [-0.3, -0.25) is 4.40 Å². The number of hydrogen-bond donors (Lipinski definition) is 1. The Hall–Kier alpha value is -0.630. The van der Waals surface area contributed by atoms with Crippen LogP contribution in [0.25, 0.3) is 4.96 Å². The Labute approximate surface area is 121 Å². The van der Waals surface area contributed by atoms with Gasteiger partial charge in [-0.05, 0) is 18.8 Å². The lowest BCUT2D eigenvalue weighted by Crippen LogP contribution is -2.26. The van der Waals surface area contributed by atoms with E-state index in [1.54, 1.807) is 11.6 Å². The normalized spacial score (nSPS) is 12.6. The molecule has 0 saturated carbocycles. The second-order valence-electron chi connectivity index (χ2n) is 4.70. The number of rotatable bonds is 6. The molecule has 2 rings (SSSR count). The average molecular weight is 322 g/mol. The first-order valence-corrected chi connectivity index (χ1v) is 8.76. The van der Waals surface area contributed by atoms with Crippen LogP contribution in [0.3, 0.4) is 0 Å². The van der Waals surface area contributed by atoms with Crippen LogP contribution in [0.1, 0.15) is 26.7 Å². The third-order valence-corrected chi connectivity index (χ3v) is 5.30. The Morgan fingerprint density at radius 2 is 2.26 bits per heavy atom. The highest BCUT2D eigenvalue weighted by Gasteiger charge is 2.24. The average Bonchev–Trinajstić information content (AvgIpc) is 2.83. The predicted molar refractivity (Wildman–Crippen MR) is 77.3 cm³/mol. The Balaban J connectivity index is 2.15. The van der Waals surface area contributed by atoms with E-state index >= 15 is 0 Å². The van der Waals surface area contributed by atoms with Crippen LogP contribution in [0.4, 0.5) is 0 Å². The van der Waals surface area contributed by atoms with Crippen LogP contribution in [-0.4, -0.2) is 24.3 Å². The number of hydrogen-bond acceptors (Lipinski definition) is 4. The molecular weight excluding hydrogens is 306 g/mol. The minimum absolute atomic E-state index is 0.0169. The second-order valence-corrected chi connectivity index (χ2v) is 7.61. The summed E-state index contributed by atoms with van der Waals surface area (Å²) in [5.74, 6) is 0.562. The van der Waals surface area contributed by atoms with E-state index in [0.29, 0.717) is 17.4 Å². The minimum Gasteiger partial charge on any atom is -0.279 e. The zero-order valence-corrected chi connectivity index (χ0v) is 13.1. The van der Waals surface area contributed by atoms with E-state index in [2.05, 4.69) is 23.6 Å². The van der Waals surface area contributed by atoms with Gasteiger partial charge in [-0.15, -0.1) is 11.3 Å².